The van der Waals surface area contributed by atoms with Gasteiger partial charge in [-0.1, -0.05) is 30.3 Å². The number of carbonyl (C=O) groups is 1. The largest absolute Gasteiger partial charge is 0.494 e. The summed E-state index contributed by atoms with van der Waals surface area (Å²) in [5.41, 5.74) is 1.20. The van der Waals surface area contributed by atoms with Crippen molar-refractivity contribution in [3.05, 3.63) is 66.2 Å². The van der Waals surface area contributed by atoms with Gasteiger partial charge in [0.25, 0.3) is 5.91 Å². The van der Waals surface area contributed by atoms with Crippen LogP contribution in [0.5, 0.6) is 11.5 Å². The van der Waals surface area contributed by atoms with E-state index in [-0.39, 0.29) is 5.91 Å². The molecule has 0 aliphatic carbocycles. The molecule has 4 heteroatoms. The second kappa shape index (κ2) is 7.71. The molecule has 4 nitrogen and oxygen atoms in total. The van der Waals surface area contributed by atoms with Crippen molar-refractivity contribution in [1.29, 1.82) is 0 Å². The van der Waals surface area contributed by atoms with Crippen molar-refractivity contribution in [2.45, 2.75) is 13.8 Å². The average Bonchev–Trinajstić information content (AvgIpc) is 2.64. The first-order valence-corrected chi connectivity index (χ1v) is 8.41. The maximum absolute atomic E-state index is 12.7. The van der Waals surface area contributed by atoms with Crippen LogP contribution in [-0.2, 0) is 0 Å². The summed E-state index contributed by atoms with van der Waals surface area (Å²) < 4.78 is 11.1. The Labute approximate surface area is 147 Å². The van der Waals surface area contributed by atoms with Gasteiger partial charge in [-0.25, -0.2) is 0 Å². The lowest BCUT2D eigenvalue weighted by atomic mass is 10.1. The molecule has 3 rings (SSSR count). The van der Waals surface area contributed by atoms with E-state index in [4.69, 9.17) is 9.47 Å². The van der Waals surface area contributed by atoms with Crippen LogP contribution in [0.1, 0.15) is 24.2 Å². The maximum Gasteiger partial charge on any atom is 0.255 e. The SMILES string of the molecule is CCOc1ccc(OCC)c(NC(=O)c2ccc3ccccc3c2)c1. The maximum atomic E-state index is 12.7. The van der Waals surface area contributed by atoms with Gasteiger partial charge in [-0.2, -0.15) is 0 Å². The van der Waals surface area contributed by atoms with Crippen LogP contribution in [0.2, 0.25) is 0 Å². The third-order valence-electron chi connectivity index (χ3n) is 3.82. The molecule has 3 aromatic rings. The first kappa shape index (κ1) is 16.8. The van der Waals surface area contributed by atoms with E-state index in [1.807, 2.05) is 68.4 Å². The van der Waals surface area contributed by atoms with Gasteiger partial charge in [0.15, 0.2) is 0 Å². The van der Waals surface area contributed by atoms with Gasteiger partial charge in [-0.05, 0) is 48.9 Å². The Morgan fingerprint density at radius 1 is 0.880 bits per heavy atom. The molecule has 0 aliphatic rings. The zero-order chi connectivity index (χ0) is 17.6. The first-order chi connectivity index (χ1) is 12.2. The summed E-state index contributed by atoms with van der Waals surface area (Å²) >= 11 is 0. The molecule has 25 heavy (non-hydrogen) atoms. The fraction of sp³-hybridized carbons (Fsp3) is 0.190. The summed E-state index contributed by atoms with van der Waals surface area (Å²) in [6.45, 7) is 4.91. The van der Waals surface area contributed by atoms with Gasteiger partial charge in [0.2, 0.25) is 0 Å². The molecule has 0 saturated heterocycles. The van der Waals surface area contributed by atoms with E-state index in [1.54, 1.807) is 6.07 Å². The molecular formula is C21H21NO3. The summed E-state index contributed by atoms with van der Waals surface area (Å²) in [5, 5.41) is 5.07. The number of hydrogen-bond acceptors (Lipinski definition) is 3. The Balaban J connectivity index is 1.88. The molecule has 3 aromatic carbocycles. The normalized spacial score (nSPS) is 10.5. The monoisotopic (exact) mass is 335 g/mol. The molecule has 0 saturated carbocycles. The van der Waals surface area contributed by atoms with Crippen LogP contribution in [0.3, 0.4) is 0 Å². The molecular weight excluding hydrogens is 314 g/mol. The standard InChI is InChI=1S/C21H21NO3/c1-3-24-18-11-12-20(25-4-2)19(14-18)22-21(23)17-10-9-15-7-5-6-8-16(15)13-17/h5-14H,3-4H2,1-2H3,(H,22,23). The molecule has 1 N–H and O–H groups in total. The lowest BCUT2D eigenvalue weighted by Gasteiger charge is -2.14. The minimum absolute atomic E-state index is 0.180. The van der Waals surface area contributed by atoms with Gasteiger partial charge in [-0.3, -0.25) is 4.79 Å². The molecule has 0 bridgehead atoms. The summed E-state index contributed by atoms with van der Waals surface area (Å²) in [5.74, 6) is 1.14. The summed E-state index contributed by atoms with van der Waals surface area (Å²) in [7, 11) is 0. The van der Waals surface area contributed by atoms with Crippen molar-refractivity contribution in [2.75, 3.05) is 18.5 Å². The van der Waals surface area contributed by atoms with Crippen molar-refractivity contribution < 1.29 is 14.3 Å². The molecule has 0 aliphatic heterocycles. The van der Waals surface area contributed by atoms with Crippen LogP contribution in [0.15, 0.2) is 60.7 Å². The van der Waals surface area contributed by atoms with E-state index in [0.29, 0.717) is 36.0 Å². The molecule has 0 fully saturated rings. The fourth-order valence-electron chi connectivity index (χ4n) is 2.67. The fourth-order valence-corrected chi connectivity index (χ4v) is 2.67. The first-order valence-electron chi connectivity index (χ1n) is 8.41. The Morgan fingerprint density at radius 2 is 1.64 bits per heavy atom. The third-order valence-corrected chi connectivity index (χ3v) is 3.82. The molecule has 0 unspecified atom stereocenters. The van der Waals surface area contributed by atoms with Crippen LogP contribution >= 0.6 is 0 Å². The highest BCUT2D eigenvalue weighted by Crippen LogP contribution is 2.30. The number of anilines is 1. The van der Waals surface area contributed by atoms with Crippen molar-refractivity contribution in [3.63, 3.8) is 0 Å². The lowest BCUT2D eigenvalue weighted by Crippen LogP contribution is -2.13. The highest BCUT2D eigenvalue weighted by atomic mass is 16.5. The zero-order valence-corrected chi connectivity index (χ0v) is 14.4. The van der Waals surface area contributed by atoms with E-state index in [9.17, 15) is 4.79 Å². The Hall–Kier alpha value is -3.01. The van der Waals surface area contributed by atoms with E-state index in [1.165, 1.54) is 0 Å². The van der Waals surface area contributed by atoms with E-state index < -0.39 is 0 Å². The zero-order valence-electron chi connectivity index (χ0n) is 14.4. The number of nitrogens with one attached hydrogen (secondary N) is 1. The molecule has 0 heterocycles. The van der Waals surface area contributed by atoms with Gasteiger partial charge < -0.3 is 14.8 Å². The van der Waals surface area contributed by atoms with Gasteiger partial charge >= 0.3 is 0 Å². The van der Waals surface area contributed by atoms with Gasteiger partial charge in [0, 0.05) is 11.6 Å². The van der Waals surface area contributed by atoms with Crippen LogP contribution in [-0.4, -0.2) is 19.1 Å². The Morgan fingerprint density at radius 3 is 2.40 bits per heavy atom. The highest BCUT2D eigenvalue weighted by Gasteiger charge is 2.12. The molecule has 0 atom stereocenters. The van der Waals surface area contributed by atoms with Crippen molar-refractivity contribution in [2.24, 2.45) is 0 Å². The number of ether oxygens (including phenoxy) is 2. The van der Waals surface area contributed by atoms with E-state index in [0.717, 1.165) is 10.8 Å². The van der Waals surface area contributed by atoms with Gasteiger partial charge in [0.1, 0.15) is 11.5 Å². The number of carbonyl (C=O) groups excluding carboxylic acids is 1. The summed E-state index contributed by atoms with van der Waals surface area (Å²) in [6.07, 6.45) is 0. The predicted octanol–water partition coefficient (Wildman–Crippen LogP) is 4.89. The second-order valence-corrected chi connectivity index (χ2v) is 5.54. The van der Waals surface area contributed by atoms with Crippen LogP contribution in [0, 0.1) is 0 Å². The van der Waals surface area contributed by atoms with Crippen molar-refractivity contribution in [1.82, 2.24) is 0 Å². The number of rotatable bonds is 6. The lowest BCUT2D eigenvalue weighted by molar-refractivity contribution is 0.102. The third kappa shape index (κ3) is 3.91. The van der Waals surface area contributed by atoms with Crippen molar-refractivity contribution in [3.8, 4) is 11.5 Å². The van der Waals surface area contributed by atoms with Crippen LogP contribution < -0.4 is 14.8 Å². The van der Waals surface area contributed by atoms with Crippen molar-refractivity contribution >= 4 is 22.4 Å². The molecule has 0 spiro atoms. The Kier molecular flexibility index (Phi) is 5.19. The van der Waals surface area contributed by atoms with Gasteiger partial charge in [-0.15, -0.1) is 0 Å². The number of benzene rings is 3. The molecule has 0 radical (unpaired) electrons. The average molecular weight is 335 g/mol. The topological polar surface area (TPSA) is 47.6 Å². The molecule has 0 aromatic heterocycles. The van der Waals surface area contributed by atoms with Crippen LogP contribution in [0.4, 0.5) is 5.69 Å². The summed E-state index contributed by atoms with van der Waals surface area (Å²) in [6, 6.07) is 19.0. The van der Waals surface area contributed by atoms with Gasteiger partial charge in [0.05, 0.1) is 18.9 Å². The Bertz CT molecular complexity index is 889. The molecule has 1 amide bonds. The predicted molar refractivity (Wildman–Crippen MR) is 101 cm³/mol. The number of hydrogen-bond donors (Lipinski definition) is 1. The van der Waals surface area contributed by atoms with E-state index >= 15 is 0 Å². The number of fused-ring (bicyclic) bond motifs is 1. The minimum Gasteiger partial charge on any atom is -0.494 e. The molecule has 128 valence electrons. The second-order valence-electron chi connectivity index (χ2n) is 5.54. The quantitative estimate of drug-likeness (QED) is 0.698. The highest BCUT2D eigenvalue weighted by molar-refractivity contribution is 6.07. The number of amides is 1. The minimum atomic E-state index is -0.180. The van der Waals surface area contributed by atoms with E-state index in [2.05, 4.69) is 5.32 Å². The smallest absolute Gasteiger partial charge is 0.255 e. The summed E-state index contributed by atoms with van der Waals surface area (Å²) in [4.78, 5) is 12.7. The van der Waals surface area contributed by atoms with Crippen LogP contribution in [0.25, 0.3) is 10.8 Å².